The number of carbonyl (C=O) groups excluding carboxylic acids is 1. The van der Waals surface area contributed by atoms with Gasteiger partial charge in [0.05, 0.1) is 5.75 Å². The summed E-state index contributed by atoms with van der Waals surface area (Å²) in [6, 6.07) is 9.01. The van der Waals surface area contributed by atoms with Gasteiger partial charge in [-0.2, -0.15) is 16.3 Å². The van der Waals surface area contributed by atoms with Gasteiger partial charge in [0.2, 0.25) is 27.6 Å². The number of sulfonamides is 1. The van der Waals surface area contributed by atoms with Crippen LogP contribution >= 0.6 is 11.3 Å². The minimum Gasteiger partial charge on any atom is -0.352 e. The molecule has 28 heavy (non-hydrogen) atoms. The lowest BCUT2D eigenvalue weighted by Gasteiger charge is -2.10. The number of carbonyl (C=O) groups is 1. The molecule has 0 unspecified atom stereocenters. The summed E-state index contributed by atoms with van der Waals surface area (Å²) in [5, 5.41) is 10.6. The molecule has 2 aromatic heterocycles. The second-order valence-corrected chi connectivity index (χ2v) is 8.74. The maximum absolute atomic E-state index is 12.1. The Morgan fingerprint density at radius 2 is 2.00 bits per heavy atom. The van der Waals surface area contributed by atoms with E-state index in [4.69, 9.17) is 4.52 Å². The van der Waals surface area contributed by atoms with Gasteiger partial charge in [-0.25, -0.2) is 13.1 Å². The summed E-state index contributed by atoms with van der Waals surface area (Å²) in [6.45, 7) is 0.248. The van der Waals surface area contributed by atoms with Crippen LogP contribution in [0, 0.1) is 0 Å². The second kappa shape index (κ2) is 9.09. The quantitative estimate of drug-likeness (QED) is 0.548. The smallest absolute Gasteiger partial charge is 0.227 e. The lowest BCUT2D eigenvalue weighted by Crippen LogP contribution is -2.25. The third kappa shape index (κ3) is 5.47. The molecule has 3 rings (SSSR count). The van der Waals surface area contributed by atoms with Gasteiger partial charge in [0.1, 0.15) is 0 Å². The summed E-state index contributed by atoms with van der Waals surface area (Å²) in [5.74, 6) is 0.595. The molecule has 0 aliphatic rings. The zero-order chi connectivity index (χ0) is 20.0. The van der Waals surface area contributed by atoms with Crippen LogP contribution in [0.4, 0.5) is 0 Å². The SMILES string of the molecule is CNS(=O)(=O)Cc1ccccc1CNC(=O)CCc1nc(-c2ccsc2)no1. The number of hydrogen-bond acceptors (Lipinski definition) is 7. The standard InChI is InChI=1S/C18H20N4O4S2/c1-19-28(24,25)12-15-5-3-2-4-13(15)10-20-16(23)6-7-17-21-18(22-26-17)14-8-9-27-11-14/h2-5,8-9,11,19H,6-7,10,12H2,1H3,(H,20,23). The van der Waals surface area contributed by atoms with E-state index in [0.717, 1.165) is 11.1 Å². The Labute approximate surface area is 167 Å². The molecule has 0 bridgehead atoms. The van der Waals surface area contributed by atoms with Crippen molar-refractivity contribution in [1.82, 2.24) is 20.2 Å². The van der Waals surface area contributed by atoms with Crippen LogP contribution in [0.1, 0.15) is 23.4 Å². The molecule has 0 aliphatic carbocycles. The number of thiophene rings is 1. The molecule has 1 aromatic carbocycles. The van der Waals surface area contributed by atoms with E-state index in [1.54, 1.807) is 35.6 Å². The number of benzene rings is 1. The Bertz CT molecular complexity index is 1030. The molecule has 3 aromatic rings. The van der Waals surface area contributed by atoms with E-state index in [9.17, 15) is 13.2 Å². The molecule has 0 saturated heterocycles. The second-order valence-electron chi connectivity index (χ2n) is 6.03. The summed E-state index contributed by atoms with van der Waals surface area (Å²) in [7, 11) is -2.01. The minimum absolute atomic E-state index is 0.136. The lowest BCUT2D eigenvalue weighted by atomic mass is 10.1. The highest BCUT2D eigenvalue weighted by Crippen LogP contribution is 2.19. The van der Waals surface area contributed by atoms with Crippen LogP contribution in [0.15, 0.2) is 45.6 Å². The van der Waals surface area contributed by atoms with Gasteiger partial charge >= 0.3 is 0 Å². The van der Waals surface area contributed by atoms with Gasteiger partial charge in [-0.05, 0) is 29.6 Å². The molecule has 0 spiro atoms. The van der Waals surface area contributed by atoms with E-state index in [-0.39, 0.29) is 24.6 Å². The largest absolute Gasteiger partial charge is 0.352 e. The first kappa shape index (κ1) is 20.2. The van der Waals surface area contributed by atoms with Crippen LogP contribution in [0.25, 0.3) is 11.4 Å². The molecule has 8 nitrogen and oxygen atoms in total. The molecule has 10 heteroatoms. The number of aryl methyl sites for hydroxylation is 1. The molecule has 0 atom stereocenters. The van der Waals surface area contributed by atoms with Gasteiger partial charge in [0.25, 0.3) is 0 Å². The molecular formula is C18H20N4O4S2. The van der Waals surface area contributed by atoms with Crippen molar-refractivity contribution in [3.8, 4) is 11.4 Å². The molecular weight excluding hydrogens is 400 g/mol. The summed E-state index contributed by atoms with van der Waals surface area (Å²) in [4.78, 5) is 16.4. The molecule has 0 aliphatic heterocycles. The fraction of sp³-hybridized carbons (Fsp3) is 0.278. The third-order valence-corrected chi connectivity index (χ3v) is 6.06. The molecule has 1 amide bonds. The monoisotopic (exact) mass is 420 g/mol. The maximum Gasteiger partial charge on any atom is 0.227 e. The van der Waals surface area contributed by atoms with Crippen LogP contribution in [-0.4, -0.2) is 31.5 Å². The molecule has 0 radical (unpaired) electrons. The molecule has 2 N–H and O–H groups in total. The Hall–Kier alpha value is -2.56. The summed E-state index contributed by atoms with van der Waals surface area (Å²) >= 11 is 1.54. The van der Waals surface area contributed by atoms with Gasteiger partial charge in [0.15, 0.2) is 0 Å². The van der Waals surface area contributed by atoms with Crippen LogP contribution in [0.5, 0.6) is 0 Å². The lowest BCUT2D eigenvalue weighted by molar-refractivity contribution is -0.121. The minimum atomic E-state index is -3.39. The molecule has 0 saturated carbocycles. The fourth-order valence-corrected chi connectivity index (χ4v) is 3.99. The van der Waals surface area contributed by atoms with Crippen molar-refractivity contribution >= 4 is 27.3 Å². The molecule has 2 heterocycles. The highest BCUT2D eigenvalue weighted by atomic mass is 32.2. The normalized spacial score (nSPS) is 11.5. The summed E-state index contributed by atoms with van der Waals surface area (Å²) in [6.07, 6.45) is 0.529. The zero-order valence-corrected chi connectivity index (χ0v) is 16.8. The average molecular weight is 421 g/mol. The predicted octanol–water partition coefficient (Wildman–Crippen LogP) is 2.10. The number of nitrogens with zero attached hydrogens (tertiary/aromatic N) is 2. The fourth-order valence-electron chi connectivity index (χ4n) is 2.52. The van der Waals surface area contributed by atoms with Crippen molar-refractivity contribution in [3.63, 3.8) is 0 Å². The van der Waals surface area contributed by atoms with Crippen molar-refractivity contribution in [2.24, 2.45) is 0 Å². The van der Waals surface area contributed by atoms with Crippen molar-refractivity contribution in [3.05, 3.63) is 58.1 Å². The first-order valence-electron chi connectivity index (χ1n) is 8.56. The summed E-state index contributed by atoms with van der Waals surface area (Å²) in [5.41, 5.74) is 2.29. The van der Waals surface area contributed by atoms with E-state index in [1.807, 2.05) is 16.8 Å². The topological polar surface area (TPSA) is 114 Å². The first-order chi connectivity index (χ1) is 13.5. The highest BCUT2D eigenvalue weighted by molar-refractivity contribution is 7.88. The van der Waals surface area contributed by atoms with Crippen molar-refractivity contribution in [2.45, 2.75) is 25.1 Å². The number of hydrogen-bond donors (Lipinski definition) is 2. The zero-order valence-electron chi connectivity index (χ0n) is 15.2. The number of rotatable bonds is 9. The van der Waals surface area contributed by atoms with E-state index in [1.165, 1.54) is 7.05 Å². The molecule has 0 fully saturated rings. The Balaban J connectivity index is 1.52. The Morgan fingerprint density at radius 3 is 2.71 bits per heavy atom. The van der Waals surface area contributed by atoms with E-state index >= 15 is 0 Å². The van der Waals surface area contributed by atoms with Crippen molar-refractivity contribution < 1.29 is 17.7 Å². The van der Waals surface area contributed by atoms with Gasteiger partial charge < -0.3 is 9.84 Å². The van der Waals surface area contributed by atoms with Gasteiger partial charge in [-0.15, -0.1) is 0 Å². The third-order valence-electron chi connectivity index (χ3n) is 4.06. The highest BCUT2D eigenvalue weighted by Gasteiger charge is 2.14. The van der Waals surface area contributed by atoms with Crippen LogP contribution in [-0.2, 0) is 33.5 Å². The van der Waals surface area contributed by atoms with E-state index in [0.29, 0.717) is 23.7 Å². The Morgan fingerprint density at radius 1 is 1.21 bits per heavy atom. The number of nitrogens with one attached hydrogen (secondary N) is 2. The van der Waals surface area contributed by atoms with E-state index in [2.05, 4.69) is 20.2 Å². The average Bonchev–Trinajstić information content (AvgIpc) is 3.37. The van der Waals surface area contributed by atoms with Crippen LogP contribution < -0.4 is 10.0 Å². The first-order valence-corrected chi connectivity index (χ1v) is 11.2. The maximum atomic E-state index is 12.1. The van der Waals surface area contributed by atoms with Gasteiger partial charge in [-0.3, -0.25) is 4.79 Å². The van der Waals surface area contributed by atoms with Crippen LogP contribution in [0.2, 0.25) is 0 Å². The molecule has 148 valence electrons. The van der Waals surface area contributed by atoms with Crippen molar-refractivity contribution in [1.29, 1.82) is 0 Å². The number of aromatic nitrogens is 2. The van der Waals surface area contributed by atoms with E-state index < -0.39 is 10.0 Å². The Kier molecular flexibility index (Phi) is 6.55. The number of amides is 1. The van der Waals surface area contributed by atoms with Crippen LogP contribution in [0.3, 0.4) is 0 Å². The predicted molar refractivity (Wildman–Crippen MR) is 106 cm³/mol. The van der Waals surface area contributed by atoms with Gasteiger partial charge in [-0.1, -0.05) is 29.4 Å². The summed E-state index contributed by atoms with van der Waals surface area (Å²) < 4.78 is 31.0. The van der Waals surface area contributed by atoms with Crippen molar-refractivity contribution in [2.75, 3.05) is 7.05 Å². The van der Waals surface area contributed by atoms with Gasteiger partial charge in [0, 0.05) is 30.3 Å².